The molecule has 2 aromatic rings. The number of rotatable bonds is 0. The Morgan fingerprint density at radius 3 is 2.16 bits per heavy atom. The third kappa shape index (κ3) is 1.63. The zero-order valence-corrected chi connectivity index (χ0v) is 11.0. The van der Waals surface area contributed by atoms with Gasteiger partial charge < -0.3 is 4.42 Å². The minimum atomic E-state index is -0.343. The average molecular weight is 255 g/mol. The van der Waals surface area contributed by atoms with Crippen LogP contribution in [0.4, 0.5) is 0 Å². The van der Waals surface area contributed by atoms with Gasteiger partial charge >= 0.3 is 0 Å². The van der Waals surface area contributed by atoms with Crippen LogP contribution >= 0.6 is 0 Å². The topological polar surface area (TPSA) is 60.2 Å². The fraction of sp³-hybridized carbons (Fsp3) is 0.267. The van der Waals surface area contributed by atoms with E-state index in [1.54, 1.807) is 24.3 Å². The van der Waals surface area contributed by atoms with Crippen LogP contribution < -0.4 is 0 Å². The lowest BCUT2D eigenvalue weighted by atomic mass is 9.91. The molecule has 96 valence electrons. The number of nitrogens with zero attached hydrogens (tertiary/aromatic N) is 1. The van der Waals surface area contributed by atoms with Crippen LogP contribution in [-0.2, 0) is 5.41 Å². The Morgan fingerprint density at radius 1 is 1.00 bits per heavy atom. The smallest absolute Gasteiger partial charge is 0.231 e. The molecule has 0 radical (unpaired) electrons. The Bertz CT molecular complexity index is 652. The maximum Gasteiger partial charge on any atom is 0.231 e. The zero-order valence-electron chi connectivity index (χ0n) is 11.0. The molecule has 1 aromatic heterocycles. The van der Waals surface area contributed by atoms with Crippen LogP contribution in [0, 0.1) is 0 Å². The summed E-state index contributed by atoms with van der Waals surface area (Å²) in [5, 5.41) is 0. The van der Waals surface area contributed by atoms with E-state index in [0.717, 1.165) is 0 Å². The quantitative estimate of drug-likeness (QED) is 0.619. The second-order valence-corrected chi connectivity index (χ2v) is 5.65. The molecule has 1 aromatic carbocycles. The van der Waals surface area contributed by atoms with E-state index in [1.165, 1.54) is 0 Å². The number of carbonyl (C=O) groups is 2. The van der Waals surface area contributed by atoms with E-state index < -0.39 is 0 Å². The molecule has 0 N–H and O–H groups in total. The fourth-order valence-electron chi connectivity index (χ4n) is 2.08. The molecule has 3 rings (SSSR count). The molecule has 0 bridgehead atoms. The van der Waals surface area contributed by atoms with Crippen LogP contribution in [0.2, 0.25) is 0 Å². The summed E-state index contributed by atoms with van der Waals surface area (Å²) in [7, 11) is 0. The molecule has 1 aliphatic rings. The predicted octanol–water partition coefficient (Wildman–Crippen LogP) is 2.75. The zero-order chi connectivity index (χ0) is 13.8. The van der Waals surface area contributed by atoms with Crippen molar-refractivity contribution in [1.82, 2.24) is 4.98 Å². The molecule has 4 nitrogen and oxygen atoms in total. The first kappa shape index (κ1) is 11.8. The number of carbonyl (C=O) groups excluding carboxylic acids is 2. The summed E-state index contributed by atoms with van der Waals surface area (Å²) >= 11 is 0. The number of benzene rings is 1. The standard InChI is InChI=1S/C15H13NO3/c1-15(2,3)14-16-10-11(17)8-6-4-5-7-9(8)12(18)13(10)19-14/h4-7H,1-3H3. The van der Waals surface area contributed by atoms with E-state index in [0.29, 0.717) is 17.0 Å². The highest BCUT2D eigenvalue weighted by atomic mass is 16.4. The lowest BCUT2D eigenvalue weighted by molar-refractivity contribution is 0.0957. The molecule has 4 heteroatoms. The highest BCUT2D eigenvalue weighted by molar-refractivity contribution is 6.26. The third-order valence-electron chi connectivity index (χ3n) is 3.11. The molecule has 0 saturated heterocycles. The number of hydrogen-bond acceptors (Lipinski definition) is 4. The Morgan fingerprint density at radius 2 is 1.58 bits per heavy atom. The van der Waals surface area contributed by atoms with Gasteiger partial charge in [-0.2, -0.15) is 0 Å². The number of aromatic nitrogens is 1. The first-order chi connectivity index (χ1) is 8.89. The largest absolute Gasteiger partial charge is 0.436 e. The molecule has 1 heterocycles. The molecule has 0 amide bonds. The van der Waals surface area contributed by atoms with Crippen LogP contribution in [0.3, 0.4) is 0 Å². The van der Waals surface area contributed by atoms with Crippen molar-refractivity contribution in [2.75, 3.05) is 0 Å². The molecule has 1 aliphatic carbocycles. The Balaban J connectivity index is 2.24. The number of oxazole rings is 1. The maximum atomic E-state index is 12.3. The molecule has 0 fully saturated rings. The SMILES string of the molecule is CC(C)(C)c1nc2c(o1)C(=O)c1ccccc1C2=O. The van der Waals surface area contributed by atoms with E-state index in [9.17, 15) is 9.59 Å². The monoisotopic (exact) mass is 255 g/mol. The highest BCUT2D eigenvalue weighted by Crippen LogP contribution is 2.31. The van der Waals surface area contributed by atoms with Crippen LogP contribution in [0.5, 0.6) is 0 Å². The summed E-state index contributed by atoms with van der Waals surface area (Å²) in [5.74, 6) is -0.0433. The molecule has 0 unspecified atom stereocenters. The van der Waals surface area contributed by atoms with Crippen LogP contribution in [0.25, 0.3) is 0 Å². The van der Waals surface area contributed by atoms with Crippen LogP contribution in [0.15, 0.2) is 28.7 Å². The maximum absolute atomic E-state index is 12.3. The molecule has 19 heavy (non-hydrogen) atoms. The summed E-state index contributed by atoms with van der Waals surface area (Å²) in [6.07, 6.45) is 0. The normalized spacial score (nSPS) is 14.3. The van der Waals surface area contributed by atoms with Crippen LogP contribution in [0.1, 0.15) is 58.8 Å². The molecule has 0 aliphatic heterocycles. The van der Waals surface area contributed by atoms with Crippen molar-refractivity contribution in [1.29, 1.82) is 0 Å². The van der Waals surface area contributed by atoms with Crippen molar-refractivity contribution in [3.05, 3.63) is 52.7 Å². The van der Waals surface area contributed by atoms with Crippen molar-refractivity contribution in [2.24, 2.45) is 0 Å². The van der Waals surface area contributed by atoms with Crippen LogP contribution in [-0.4, -0.2) is 16.6 Å². The van der Waals surface area contributed by atoms with E-state index >= 15 is 0 Å². The van der Waals surface area contributed by atoms with E-state index in [4.69, 9.17) is 4.42 Å². The minimum Gasteiger partial charge on any atom is -0.436 e. The Hall–Kier alpha value is -2.23. The Kier molecular flexibility index (Phi) is 2.26. The van der Waals surface area contributed by atoms with Gasteiger partial charge in [-0.15, -0.1) is 0 Å². The van der Waals surface area contributed by atoms with Crippen molar-refractivity contribution in [3.63, 3.8) is 0 Å². The number of ketones is 2. The summed E-state index contributed by atoms with van der Waals surface area (Å²) < 4.78 is 5.53. The summed E-state index contributed by atoms with van der Waals surface area (Å²) in [6.45, 7) is 5.77. The van der Waals surface area contributed by atoms with Gasteiger partial charge in [0.1, 0.15) is 0 Å². The van der Waals surface area contributed by atoms with Crippen molar-refractivity contribution in [2.45, 2.75) is 26.2 Å². The van der Waals surface area contributed by atoms with Crippen molar-refractivity contribution in [3.8, 4) is 0 Å². The second kappa shape index (κ2) is 3.63. The van der Waals surface area contributed by atoms with E-state index in [2.05, 4.69) is 4.98 Å². The minimum absolute atomic E-state index is 0.0635. The molecule has 0 atom stereocenters. The van der Waals surface area contributed by atoms with Gasteiger partial charge in [0.05, 0.1) is 0 Å². The van der Waals surface area contributed by atoms with E-state index in [1.807, 2.05) is 20.8 Å². The van der Waals surface area contributed by atoms with Gasteiger partial charge in [-0.05, 0) is 0 Å². The van der Waals surface area contributed by atoms with Gasteiger partial charge in [0.2, 0.25) is 23.2 Å². The highest BCUT2D eigenvalue weighted by Gasteiger charge is 2.36. The molecule has 0 saturated carbocycles. The molecule has 0 spiro atoms. The van der Waals surface area contributed by atoms with Crippen molar-refractivity contribution < 1.29 is 14.0 Å². The first-order valence-electron chi connectivity index (χ1n) is 6.09. The van der Waals surface area contributed by atoms with E-state index in [-0.39, 0.29) is 28.4 Å². The lowest BCUT2D eigenvalue weighted by Crippen LogP contribution is -2.19. The molecular formula is C15H13NO3. The van der Waals surface area contributed by atoms with Gasteiger partial charge in [-0.3, -0.25) is 9.59 Å². The lowest BCUT2D eigenvalue weighted by Gasteiger charge is -2.11. The average Bonchev–Trinajstić information content (AvgIpc) is 2.81. The number of hydrogen-bond donors (Lipinski definition) is 0. The summed E-state index contributed by atoms with van der Waals surface area (Å²) in [5.41, 5.74) is 0.573. The van der Waals surface area contributed by atoms with Gasteiger partial charge in [-0.25, -0.2) is 4.98 Å². The Labute approximate surface area is 110 Å². The fourth-order valence-corrected chi connectivity index (χ4v) is 2.08. The second-order valence-electron chi connectivity index (χ2n) is 5.65. The predicted molar refractivity (Wildman–Crippen MR) is 68.5 cm³/mol. The molecular weight excluding hydrogens is 242 g/mol. The van der Waals surface area contributed by atoms with Crippen molar-refractivity contribution >= 4 is 11.6 Å². The van der Waals surface area contributed by atoms with Gasteiger partial charge in [0.15, 0.2) is 5.69 Å². The summed E-state index contributed by atoms with van der Waals surface area (Å²) in [4.78, 5) is 28.8. The van der Waals surface area contributed by atoms with Gasteiger partial charge in [0, 0.05) is 16.5 Å². The number of fused-ring (bicyclic) bond motifs is 2. The van der Waals surface area contributed by atoms with Gasteiger partial charge in [0.25, 0.3) is 0 Å². The summed E-state index contributed by atoms with van der Waals surface area (Å²) in [6, 6.07) is 6.75. The van der Waals surface area contributed by atoms with Gasteiger partial charge in [-0.1, -0.05) is 45.0 Å². The third-order valence-corrected chi connectivity index (χ3v) is 3.11. The first-order valence-corrected chi connectivity index (χ1v) is 6.09.